The number of benzene rings is 3. The second kappa shape index (κ2) is 10.3. The molecule has 182 valence electrons. The van der Waals surface area contributed by atoms with Gasteiger partial charge in [0, 0.05) is 25.1 Å². The van der Waals surface area contributed by atoms with Crippen LogP contribution in [0.3, 0.4) is 0 Å². The largest absolute Gasteiger partial charge is 0.407 e. The van der Waals surface area contributed by atoms with Crippen molar-refractivity contribution in [3.63, 3.8) is 0 Å². The molecule has 0 aromatic heterocycles. The predicted molar refractivity (Wildman–Crippen MR) is 150 cm³/mol. The van der Waals surface area contributed by atoms with Crippen molar-refractivity contribution in [2.45, 2.75) is 51.2 Å². The molecule has 1 saturated heterocycles. The van der Waals surface area contributed by atoms with E-state index in [1.807, 2.05) is 0 Å². The van der Waals surface area contributed by atoms with E-state index in [4.69, 9.17) is 4.43 Å². The minimum absolute atomic E-state index is 0.00766. The molecule has 0 bridgehead atoms. The van der Waals surface area contributed by atoms with Crippen LogP contribution in [-0.4, -0.2) is 32.4 Å². The van der Waals surface area contributed by atoms with Gasteiger partial charge in [-0.2, -0.15) is 0 Å². The first-order valence-corrected chi connectivity index (χ1v) is 15.1. The minimum Gasteiger partial charge on any atom is -0.407 e. The molecule has 0 amide bonds. The third-order valence-electron chi connectivity index (χ3n) is 8.02. The highest BCUT2D eigenvalue weighted by Gasteiger charge is 2.51. The van der Waals surface area contributed by atoms with E-state index in [9.17, 15) is 0 Å². The number of piperidine rings is 1. The summed E-state index contributed by atoms with van der Waals surface area (Å²) in [5.74, 6) is 1.06. The molecule has 1 aliphatic heterocycles. The molecule has 0 N–H and O–H groups in total. The van der Waals surface area contributed by atoms with Crippen LogP contribution in [0.15, 0.2) is 103 Å². The average molecular weight is 482 g/mol. The van der Waals surface area contributed by atoms with Crippen LogP contribution >= 0.6 is 0 Å². The van der Waals surface area contributed by atoms with Crippen molar-refractivity contribution < 1.29 is 4.43 Å². The van der Waals surface area contributed by atoms with E-state index in [1.54, 1.807) is 0 Å². The van der Waals surface area contributed by atoms with Crippen LogP contribution in [0, 0.1) is 11.8 Å². The molecule has 3 atom stereocenters. The third-order valence-corrected chi connectivity index (χ3v) is 13.0. The van der Waals surface area contributed by atoms with Crippen LogP contribution in [0.4, 0.5) is 0 Å². The van der Waals surface area contributed by atoms with Crippen LogP contribution < -0.4 is 10.4 Å². The molecule has 1 aliphatic carbocycles. The molecule has 3 heteroatoms. The van der Waals surface area contributed by atoms with Gasteiger partial charge >= 0.3 is 0 Å². The quantitative estimate of drug-likeness (QED) is 0.302. The average Bonchev–Trinajstić information content (AvgIpc) is 3.30. The van der Waals surface area contributed by atoms with E-state index >= 15 is 0 Å². The minimum atomic E-state index is -2.52. The molecule has 0 unspecified atom stereocenters. The summed E-state index contributed by atoms with van der Waals surface area (Å²) < 4.78 is 7.36. The molecule has 2 aliphatic rings. The molecule has 1 heterocycles. The molecule has 0 saturated carbocycles. The van der Waals surface area contributed by atoms with Crippen molar-refractivity contribution in [2.75, 3.05) is 13.2 Å². The predicted octanol–water partition coefficient (Wildman–Crippen LogP) is 6.03. The van der Waals surface area contributed by atoms with Gasteiger partial charge in [0.1, 0.15) is 0 Å². The molecule has 3 aromatic carbocycles. The van der Waals surface area contributed by atoms with Crippen LogP contribution in [0.2, 0.25) is 5.04 Å². The van der Waals surface area contributed by atoms with Gasteiger partial charge in [-0.25, -0.2) is 0 Å². The monoisotopic (exact) mass is 481 g/mol. The highest BCUT2D eigenvalue weighted by molar-refractivity contribution is 6.99. The van der Waals surface area contributed by atoms with E-state index in [1.165, 1.54) is 35.3 Å². The summed E-state index contributed by atoms with van der Waals surface area (Å²) >= 11 is 0. The van der Waals surface area contributed by atoms with Gasteiger partial charge in [0.15, 0.2) is 0 Å². The number of hydrogen-bond acceptors (Lipinski definition) is 2. The molecule has 1 fully saturated rings. The Morgan fingerprint density at radius 1 is 0.800 bits per heavy atom. The maximum atomic E-state index is 7.36. The number of nitrogens with zero attached hydrogens (tertiary/aromatic N) is 1. The van der Waals surface area contributed by atoms with E-state index in [0.29, 0.717) is 17.9 Å². The highest BCUT2D eigenvalue weighted by Crippen LogP contribution is 2.40. The zero-order valence-electron chi connectivity index (χ0n) is 21.4. The van der Waals surface area contributed by atoms with E-state index in [0.717, 1.165) is 13.2 Å². The summed E-state index contributed by atoms with van der Waals surface area (Å²) in [4.78, 5) is 2.73. The van der Waals surface area contributed by atoms with E-state index < -0.39 is 8.32 Å². The third kappa shape index (κ3) is 4.82. The normalized spacial score (nSPS) is 22.8. The number of rotatable bonds is 7. The Morgan fingerprint density at radius 3 is 1.94 bits per heavy atom. The molecular weight excluding hydrogens is 442 g/mol. The molecule has 35 heavy (non-hydrogen) atoms. The lowest BCUT2D eigenvalue weighted by Gasteiger charge is -2.45. The molecule has 3 aromatic rings. The van der Waals surface area contributed by atoms with Crippen LogP contribution in [0.25, 0.3) is 0 Å². The highest BCUT2D eigenvalue weighted by atomic mass is 28.4. The lowest BCUT2D eigenvalue weighted by atomic mass is 9.87. The second-order valence-corrected chi connectivity index (χ2v) is 15.6. The number of hydrogen-bond donors (Lipinski definition) is 0. The van der Waals surface area contributed by atoms with Gasteiger partial charge in [-0.3, -0.25) is 4.90 Å². The van der Waals surface area contributed by atoms with Crippen molar-refractivity contribution in [2.24, 2.45) is 11.8 Å². The van der Waals surface area contributed by atoms with Gasteiger partial charge in [-0.15, -0.1) is 0 Å². The summed E-state index contributed by atoms with van der Waals surface area (Å²) in [5, 5.41) is 2.73. The fourth-order valence-corrected chi connectivity index (χ4v) is 11.1. The van der Waals surface area contributed by atoms with Crippen LogP contribution in [0.5, 0.6) is 0 Å². The molecule has 0 spiro atoms. The van der Waals surface area contributed by atoms with Crippen LogP contribution in [-0.2, 0) is 11.0 Å². The second-order valence-electron chi connectivity index (χ2n) is 11.3. The van der Waals surface area contributed by atoms with Crippen molar-refractivity contribution >= 4 is 18.7 Å². The van der Waals surface area contributed by atoms with Crippen molar-refractivity contribution in [3.8, 4) is 0 Å². The first-order chi connectivity index (χ1) is 17.0. The topological polar surface area (TPSA) is 12.5 Å². The summed E-state index contributed by atoms with van der Waals surface area (Å²) in [6, 6.07) is 33.6. The molecule has 0 radical (unpaired) electrons. The molecule has 2 nitrogen and oxygen atoms in total. The standard InChI is InChI=1S/C32H39NOSi/c1-32(2,3)35(29-17-9-5-10-18-29,30-19-11-6-12-20-30)34-25-28-22-21-27-16-13-23-33(31(27)28)24-26-14-7-4-8-15-26/h4-12,14-15,17-22,27-28,31H,13,16,23-25H2,1-3H3/t27-,28-,31-/m0/s1. The first kappa shape index (κ1) is 24.2. The van der Waals surface area contributed by atoms with Crippen molar-refractivity contribution in [1.82, 2.24) is 4.90 Å². The van der Waals surface area contributed by atoms with Crippen LogP contribution in [0.1, 0.15) is 39.2 Å². The van der Waals surface area contributed by atoms with E-state index in [-0.39, 0.29) is 5.04 Å². The lowest BCUT2D eigenvalue weighted by Crippen LogP contribution is -2.67. The van der Waals surface area contributed by atoms with E-state index in [2.05, 4.69) is 129 Å². The number of fused-ring (bicyclic) bond motifs is 1. The Morgan fingerprint density at radius 2 is 1.37 bits per heavy atom. The Hall–Kier alpha value is -2.46. The Bertz CT molecular complexity index is 1070. The lowest BCUT2D eigenvalue weighted by molar-refractivity contribution is 0.0676. The smallest absolute Gasteiger partial charge is 0.261 e. The summed E-state index contributed by atoms with van der Waals surface area (Å²) in [7, 11) is -2.52. The van der Waals surface area contributed by atoms with Gasteiger partial charge < -0.3 is 4.43 Å². The Kier molecular flexibility index (Phi) is 7.11. The van der Waals surface area contributed by atoms with Gasteiger partial charge in [-0.1, -0.05) is 124 Å². The Labute approximate surface area is 212 Å². The summed E-state index contributed by atoms with van der Waals surface area (Å²) in [6.07, 6.45) is 7.53. The summed E-state index contributed by atoms with van der Waals surface area (Å²) in [5.41, 5.74) is 1.41. The SMILES string of the molecule is CC(C)(C)[Si](OC[C@@H]1C=C[C@@H]2CCCN(Cc3ccccc3)[C@@H]21)(c1ccccc1)c1ccccc1. The fourth-order valence-electron chi connectivity index (χ4n) is 6.46. The van der Waals surface area contributed by atoms with Gasteiger partial charge in [-0.05, 0) is 46.3 Å². The zero-order chi connectivity index (χ0) is 24.3. The fraction of sp³-hybridized carbons (Fsp3) is 0.375. The molecule has 5 rings (SSSR count). The van der Waals surface area contributed by atoms with Gasteiger partial charge in [0.25, 0.3) is 8.32 Å². The zero-order valence-corrected chi connectivity index (χ0v) is 22.4. The maximum absolute atomic E-state index is 7.36. The van der Waals surface area contributed by atoms with Crippen molar-refractivity contribution in [1.29, 1.82) is 0 Å². The molecular formula is C32H39NOSi. The van der Waals surface area contributed by atoms with Gasteiger partial charge in [0.2, 0.25) is 0 Å². The number of likely N-dealkylation sites (tertiary alicyclic amines) is 1. The maximum Gasteiger partial charge on any atom is 0.261 e. The first-order valence-electron chi connectivity index (χ1n) is 13.2. The van der Waals surface area contributed by atoms with Gasteiger partial charge in [0.05, 0.1) is 0 Å². The van der Waals surface area contributed by atoms with Crippen molar-refractivity contribution in [3.05, 3.63) is 109 Å². The Balaban J connectivity index is 1.45. The summed E-state index contributed by atoms with van der Waals surface area (Å²) in [6.45, 7) is 10.1.